The molecule has 1 aromatic heterocycles. The fourth-order valence-corrected chi connectivity index (χ4v) is 2.61. The minimum absolute atomic E-state index is 0.285. The van der Waals surface area contributed by atoms with Gasteiger partial charge in [-0.15, -0.1) is 11.3 Å². The Morgan fingerprint density at radius 3 is 2.76 bits per heavy atom. The highest BCUT2D eigenvalue weighted by atomic mass is 35.5. The first-order chi connectivity index (χ1) is 8.18. The van der Waals surface area contributed by atoms with Gasteiger partial charge in [0.05, 0.1) is 4.34 Å². The summed E-state index contributed by atoms with van der Waals surface area (Å²) < 4.78 is 0.841. The van der Waals surface area contributed by atoms with E-state index in [0.717, 1.165) is 43.1 Å². The van der Waals surface area contributed by atoms with Crippen molar-refractivity contribution in [1.82, 2.24) is 5.32 Å². The van der Waals surface area contributed by atoms with Crippen molar-refractivity contribution >= 4 is 28.9 Å². The Hall–Kier alpha value is -0.580. The van der Waals surface area contributed by atoms with Crippen molar-refractivity contribution in [2.24, 2.45) is 0 Å². The van der Waals surface area contributed by atoms with Gasteiger partial charge in [-0.25, -0.2) is 0 Å². The average Bonchev–Trinajstić information content (AvgIpc) is 2.68. The smallest absolute Gasteiger partial charge is 0.303 e. The normalized spacial score (nSPS) is 10.6. The Bertz CT molecular complexity index is 341. The molecule has 2 N–H and O–H groups in total. The van der Waals surface area contributed by atoms with Crippen molar-refractivity contribution in [3.63, 3.8) is 0 Å². The van der Waals surface area contributed by atoms with Crippen LogP contribution in [0.4, 0.5) is 0 Å². The summed E-state index contributed by atoms with van der Waals surface area (Å²) in [5.41, 5.74) is 0. The Morgan fingerprint density at radius 1 is 1.29 bits per heavy atom. The quantitative estimate of drug-likeness (QED) is 0.681. The number of rotatable bonds is 9. The number of hydrogen-bond donors (Lipinski definition) is 2. The number of nitrogens with one attached hydrogen (secondary N) is 1. The molecule has 0 bridgehead atoms. The van der Waals surface area contributed by atoms with E-state index in [1.807, 2.05) is 6.07 Å². The van der Waals surface area contributed by atoms with Gasteiger partial charge in [-0.2, -0.15) is 0 Å². The molecule has 0 aliphatic heterocycles. The first kappa shape index (κ1) is 14.5. The van der Waals surface area contributed by atoms with Gasteiger partial charge >= 0.3 is 5.97 Å². The van der Waals surface area contributed by atoms with Crippen molar-refractivity contribution in [2.45, 2.75) is 32.1 Å². The molecule has 0 aliphatic rings. The molecule has 0 aromatic carbocycles. The number of carbonyl (C=O) groups is 1. The largest absolute Gasteiger partial charge is 0.481 e. The van der Waals surface area contributed by atoms with Gasteiger partial charge in [-0.3, -0.25) is 4.79 Å². The van der Waals surface area contributed by atoms with Crippen LogP contribution in [0.5, 0.6) is 0 Å². The van der Waals surface area contributed by atoms with E-state index in [-0.39, 0.29) is 6.42 Å². The summed E-state index contributed by atoms with van der Waals surface area (Å²) >= 11 is 7.46. The molecular formula is C12H18ClNO2S. The minimum atomic E-state index is -0.701. The van der Waals surface area contributed by atoms with Crippen LogP contribution in [0.1, 0.15) is 30.6 Å². The lowest BCUT2D eigenvalue weighted by Crippen LogP contribution is -2.18. The Labute approximate surface area is 111 Å². The molecule has 1 heterocycles. The summed E-state index contributed by atoms with van der Waals surface area (Å²) in [6.07, 6.45) is 4.08. The summed E-state index contributed by atoms with van der Waals surface area (Å²) in [4.78, 5) is 11.6. The van der Waals surface area contributed by atoms with E-state index in [4.69, 9.17) is 16.7 Å². The Morgan fingerprint density at radius 2 is 2.12 bits per heavy atom. The molecule has 0 radical (unpaired) electrons. The third kappa shape index (κ3) is 7.36. The number of hydrogen-bond acceptors (Lipinski definition) is 3. The monoisotopic (exact) mass is 275 g/mol. The SMILES string of the molecule is O=C(O)CCCCCNCCc1ccc(Cl)s1. The lowest BCUT2D eigenvalue weighted by molar-refractivity contribution is -0.137. The molecule has 0 saturated carbocycles. The van der Waals surface area contributed by atoms with Crippen LogP contribution >= 0.6 is 22.9 Å². The summed E-state index contributed by atoms with van der Waals surface area (Å²) in [5, 5.41) is 11.8. The number of carboxylic acids is 1. The molecule has 5 heteroatoms. The van der Waals surface area contributed by atoms with Gasteiger partial charge in [0, 0.05) is 11.3 Å². The first-order valence-corrected chi connectivity index (χ1v) is 7.04. The maximum Gasteiger partial charge on any atom is 0.303 e. The molecule has 1 rings (SSSR count). The van der Waals surface area contributed by atoms with E-state index in [9.17, 15) is 4.79 Å². The lowest BCUT2D eigenvalue weighted by atomic mass is 10.2. The molecule has 0 amide bonds. The van der Waals surface area contributed by atoms with Gasteiger partial charge in [-0.1, -0.05) is 18.0 Å². The summed E-state index contributed by atoms with van der Waals surface area (Å²) in [7, 11) is 0. The Kier molecular flexibility index (Phi) is 7.24. The molecule has 0 saturated heterocycles. The molecule has 0 spiro atoms. The van der Waals surface area contributed by atoms with Gasteiger partial charge in [-0.05, 0) is 44.5 Å². The van der Waals surface area contributed by atoms with Crippen molar-refractivity contribution in [1.29, 1.82) is 0 Å². The van der Waals surface area contributed by atoms with Crippen LogP contribution in [0, 0.1) is 0 Å². The van der Waals surface area contributed by atoms with Crippen LogP contribution < -0.4 is 5.32 Å². The number of halogens is 1. The summed E-state index contributed by atoms with van der Waals surface area (Å²) in [5.74, 6) is -0.701. The number of carboxylic acid groups (broad SMARTS) is 1. The predicted octanol–water partition coefficient (Wildman–Crippen LogP) is 3.18. The van der Waals surface area contributed by atoms with Crippen LogP contribution in [0.15, 0.2) is 12.1 Å². The van der Waals surface area contributed by atoms with Gasteiger partial charge in [0.25, 0.3) is 0 Å². The molecule has 0 atom stereocenters. The summed E-state index contributed by atoms with van der Waals surface area (Å²) in [6, 6.07) is 3.98. The van der Waals surface area contributed by atoms with Gasteiger partial charge in [0.2, 0.25) is 0 Å². The van der Waals surface area contributed by atoms with Crippen LogP contribution in [-0.4, -0.2) is 24.2 Å². The minimum Gasteiger partial charge on any atom is -0.481 e. The standard InChI is InChI=1S/C12H18ClNO2S/c13-11-6-5-10(17-11)7-9-14-8-3-1-2-4-12(15)16/h5-6,14H,1-4,7-9H2,(H,15,16). The number of aliphatic carboxylic acids is 1. The van der Waals surface area contributed by atoms with Crippen LogP contribution in [-0.2, 0) is 11.2 Å². The van der Waals surface area contributed by atoms with Crippen molar-refractivity contribution in [3.8, 4) is 0 Å². The van der Waals surface area contributed by atoms with E-state index in [2.05, 4.69) is 11.4 Å². The third-order valence-corrected chi connectivity index (χ3v) is 3.71. The van der Waals surface area contributed by atoms with Crippen molar-refractivity contribution in [3.05, 3.63) is 21.3 Å². The first-order valence-electron chi connectivity index (χ1n) is 5.85. The van der Waals surface area contributed by atoms with Crippen LogP contribution in [0.25, 0.3) is 0 Å². The highest BCUT2D eigenvalue weighted by Gasteiger charge is 1.98. The molecule has 17 heavy (non-hydrogen) atoms. The van der Waals surface area contributed by atoms with E-state index in [0.29, 0.717) is 0 Å². The molecule has 1 aromatic rings. The number of thiophene rings is 1. The average molecular weight is 276 g/mol. The molecular weight excluding hydrogens is 258 g/mol. The Balaban J connectivity index is 1.89. The maximum absolute atomic E-state index is 10.3. The second-order valence-corrected chi connectivity index (χ2v) is 5.71. The zero-order valence-electron chi connectivity index (χ0n) is 9.75. The molecule has 3 nitrogen and oxygen atoms in total. The van der Waals surface area contributed by atoms with Crippen molar-refractivity contribution < 1.29 is 9.90 Å². The zero-order chi connectivity index (χ0) is 12.5. The van der Waals surface area contributed by atoms with E-state index >= 15 is 0 Å². The fourth-order valence-electron chi connectivity index (χ4n) is 1.53. The third-order valence-electron chi connectivity index (χ3n) is 2.42. The lowest BCUT2D eigenvalue weighted by Gasteiger charge is -2.03. The second kappa shape index (κ2) is 8.50. The highest BCUT2D eigenvalue weighted by Crippen LogP contribution is 2.21. The molecule has 0 aliphatic carbocycles. The highest BCUT2D eigenvalue weighted by molar-refractivity contribution is 7.16. The van der Waals surface area contributed by atoms with Crippen LogP contribution in [0.3, 0.4) is 0 Å². The topological polar surface area (TPSA) is 49.3 Å². The van der Waals surface area contributed by atoms with Gasteiger partial charge in [0.15, 0.2) is 0 Å². The van der Waals surface area contributed by atoms with E-state index in [1.165, 1.54) is 4.88 Å². The summed E-state index contributed by atoms with van der Waals surface area (Å²) in [6.45, 7) is 1.91. The zero-order valence-corrected chi connectivity index (χ0v) is 11.3. The van der Waals surface area contributed by atoms with Crippen molar-refractivity contribution in [2.75, 3.05) is 13.1 Å². The fraction of sp³-hybridized carbons (Fsp3) is 0.583. The van der Waals surface area contributed by atoms with Crippen LogP contribution in [0.2, 0.25) is 4.34 Å². The molecule has 96 valence electrons. The molecule has 0 unspecified atom stereocenters. The van der Waals surface area contributed by atoms with E-state index < -0.39 is 5.97 Å². The predicted molar refractivity (Wildman–Crippen MR) is 72.0 cm³/mol. The molecule has 0 fully saturated rings. The number of unbranched alkanes of at least 4 members (excludes halogenated alkanes) is 2. The van der Waals surface area contributed by atoms with Gasteiger partial charge < -0.3 is 10.4 Å². The second-order valence-electron chi connectivity index (χ2n) is 3.91. The van der Waals surface area contributed by atoms with Gasteiger partial charge in [0.1, 0.15) is 0 Å². The van der Waals surface area contributed by atoms with E-state index in [1.54, 1.807) is 11.3 Å². The maximum atomic E-state index is 10.3.